The van der Waals surface area contributed by atoms with Crippen LogP contribution in [0.1, 0.15) is 38.1 Å². The van der Waals surface area contributed by atoms with Crippen LogP contribution in [0.4, 0.5) is 10.6 Å². The number of para-hydroxylation sites is 1. The highest BCUT2D eigenvalue weighted by molar-refractivity contribution is 7.19. The summed E-state index contributed by atoms with van der Waals surface area (Å²) < 4.78 is 6.25. The number of nitrogens with zero attached hydrogens (tertiary/aromatic N) is 2. The molecular formula is C18H21N3O2S. The van der Waals surface area contributed by atoms with E-state index in [2.05, 4.69) is 29.1 Å². The SMILES string of the molecule is CCCCOC(=O)Nc1nc2ccccc2c2sc(CCC)nc12. The lowest BCUT2D eigenvalue weighted by molar-refractivity contribution is 0.160. The number of unbranched alkanes of at least 4 members (excludes halogenated alkanes) is 1. The van der Waals surface area contributed by atoms with Crippen LogP contribution in [0.15, 0.2) is 24.3 Å². The maximum absolute atomic E-state index is 12.0. The van der Waals surface area contributed by atoms with Gasteiger partial charge in [-0.2, -0.15) is 0 Å². The third kappa shape index (κ3) is 3.48. The lowest BCUT2D eigenvalue weighted by atomic mass is 10.2. The summed E-state index contributed by atoms with van der Waals surface area (Å²) in [6.07, 6.45) is 3.32. The number of carbonyl (C=O) groups is 1. The summed E-state index contributed by atoms with van der Waals surface area (Å²) in [5.74, 6) is 0.476. The van der Waals surface area contributed by atoms with Crippen molar-refractivity contribution in [2.24, 2.45) is 0 Å². The topological polar surface area (TPSA) is 64.1 Å². The summed E-state index contributed by atoms with van der Waals surface area (Å²) >= 11 is 1.67. The molecule has 6 heteroatoms. The maximum atomic E-state index is 12.0. The summed E-state index contributed by atoms with van der Waals surface area (Å²) in [5.41, 5.74) is 1.59. The number of ether oxygens (including phenoxy) is 1. The predicted octanol–water partition coefficient (Wildman–Crippen LogP) is 5.15. The van der Waals surface area contributed by atoms with E-state index in [9.17, 15) is 4.79 Å². The van der Waals surface area contributed by atoms with Crippen LogP contribution in [-0.4, -0.2) is 22.7 Å². The van der Waals surface area contributed by atoms with E-state index in [1.807, 2.05) is 24.3 Å². The summed E-state index contributed by atoms with van der Waals surface area (Å²) in [5, 5.41) is 4.89. The van der Waals surface area contributed by atoms with Crippen molar-refractivity contribution >= 4 is 44.4 Å². The quantitative estimate of drug-likeness (QED) is 0.629. The van der Waals surface area contributed by atoms with Gasteiger partial charge in [0.1, 0.15) is 5.52 Å². The fraction of sp³-hybridized carbons (Fsp3) is 0.389. The van der Waals surface area contributed by atoms with E-state index in [4.69, 9.17) is 4.74 Å². The van der Waals surface area contributed by atoms with Crippen LogP contribution in [0.25, 0.3) is 21.1 Å². The van der Waals surface area contributed by atoms with Crippen molar-refractivity contribution < 1.29 is 9.53 Å². The Morgan fingerprint density at radius 3 is 2.83 bits per heavy atom. The second-order valence-corrected chi connectivity index (χ2v) is 6.71. The zero-order valence-corrected chi connectivity index (χ0v) is 14.8. The summed E-state index contributed by atoms with van der Waals surface area (Å²) in [6.45, 7) is 4.60. The lowest BCUT2D eigenvalue weighted by Crippen LogP contribution is -2.15. The highest BCUT2D eigenvalue weighted by Crippen LogP contribution is 2.34. The van der Waals surface area contributed by atoms with E-state index in [-0.39, 0.29) is 0 Å². The van der Waals surface area contributed by atoms with E-state index in [0.29, 0.717) is 12.4 Å². The number of amides is 1. The number of rotatable bonds is 6. The van der Waals surface area contributed by atoms with Crippen molar-refractivity contribution in [1.82, 2.24) is 9.97 Å². The van der Waals surface area contributed by atoms with Gasteiger partial charge in [-0.05, 0) is 25.3 Å². The van der Waals surface area contributed by atoms with Crippen molar-refractivity contribution in [1.29, 1.82) is 0 Å². The third-order valence-electron chi connectivity index (χ3n) is 3.69. The van der Waals surface area contributed by atoms with Crippen molar-refractivity contribution in [2.45, 2.75) is 39.5 Å². The minimum atomic E-state index is -0.474. The van der Waals surface area contributed by atoms with Gasteiger partial charge in [0, 0.05) is 5.39 Å². The fourth-order valence-electron chi connectivity index (χ4n) is 2.49. The minimum absolute atomic E-state index is 0.414. The second-order valence-electron chi connectivity index (χ2n) is 5.63. The summed E-state index contributed by atoms with van der Waals surface area (Å²) in [6, 6.07) is 7.93. The summed E-state index contributed by atoms with van der Waals surface area (Å²) in [7, 11) is 0. The number of hydrogen-bond acceptors (Lipinski definition) is 5. The van der Waals surface area contributed by atoms with Crippen LogP contribution >= 0.6 is 11.3 Å². The van der Waals surface area contributed by atoms with Crippen LogP contribution in [0, 0.1) is 0 Å². The van der Waals surface area contributed by atoms with Crippen LogP contribution in [0.2, 0.25) is 0 Å². The van der Waals surface area contributed by atoms with E-state index in [1.54, 1.807) is 11.3 Å². The van der Waals surface area contributed by atoms with Gasteiger partial charge in [0.2, 0.25) is 0 Å². The van der Waals surface area contributed by atoms with Gasteiger partial charge in [-0.1, -0.05) is 38.5 Å². The molecule has 1 aromatic carbocycles. The molecule has 5 nitrogen and oxygen atoms in total. The molecule has 126 valence electrons. The van der Waals surface area contributed by atoms with Gasteiger partial charge in [0.25, 0.3) is 0 Å². The molecule has 0 aliphatic carbocycles. The highest BCUT2D eigenvalue weighted by Gasteiger charge is 2.16. The number of fused-ring (bicyclic) bond motifs is 3. The van der Waals surface area contributed by atoms with Crippen LogP contribution in [0.3, 0.4) is 0 Å². The van der Waals surface area contributed by atoms with Gasteiger partial charge >= 0.3 is 6.09 Å². The molecule has 0 radical (unpaired) electrons. The molecule has 2 heterocycles. The molecule has 1 N–H and O–H groups in total. The molecule has 1 amide bonds. The molecule has 3 aromatic rings. The van der Waals surface area contributed by atoms with Crippen LogP contribution < -0.4 is 5.32 Å². The van der Waals surface area contributed by atoms with Gasteiger partial charge < -0.3 is 4.74 Å². The molecule has 0 fully saturated rings. The Morgan fingerprint density at radius 1 is 1.21 bits per heavy atom. The maximum Gasteiger partial charge on any atom is 0.412 e. The Morgan fingerprint density at radius 2 is 2.04 bits per heavy atom. The summed E-state index contributed by atoms with van der Waals surface area (Å²) in [4.78, 5) is 21.3. The molecule has 3 rings (SSSR count). The van der Waals surface area contributed by atoms with Crippen molar-refractivity contribution in [3.63, 3.8) is 0 Å². The first-order valence-electron chi connectivity index (χ1n) is 8.34. The minimum Gasteiger partial charge on any atom is -0.449 e. The first-order valence-corrected chi connectivity index (χ1v) is 9.16. The fourth-order valence-corrected chi connectivity index (χ4v) is 3.69. The van der Waals surface area contributed by atoms with Crippen LogP contribution in [-0.2, 0) is 11.2 Å². The van der Waals surface area contributed by atoms with Gasteiger partial charge in [-0.3, -0.25) is 5.32 Å². The van der Waals surface area contributed by atoms with Gasteiger partial charge in [-0.25, -0.2) is 14.8 Å². The van der Waals surface area contributed by atoms with E-state index < -0.39 is 6.09 Å². The Bertz CT molecular complexity index is 860. The molecular weight excluding hydrogens is 322 g/mol. The molecule has 0 spiro atoms. The molecule has 0 atom stereocenters. The average molecular weight is 343 g/mol. The number of anilines is 1. The molecule has 0 bridgehead atoms. The number of thiazole rings is 1. The zero-order chi connectivity index (χ0) is 16.9. The number of aryl methyl sites for hydroxylation is 1. The van der Waals surface area contributed by atoms with Crippen molar-refractivity contribution in [3.8, 4) is 0 Å². The van der Waals surface area contributed by atoms with E-state index >= 15 is 0 Å². The van der Waals surface area contributed by atoms with E-state index in [1.165, 1.54) is 0 Å². The molecule has 2 aromatic heterocycles. The number of aromatic nitrogens is 2. The largest absolute Gasteiger partial charge is 0.449 e. The van der Waals surface area contributed by atoms with Crippen LogP contribution in [0.5, 0.6) is 0 Å². The molecule has 0 aliphatic heterocycles. The lowest BCUT2D eigenvalue weighted by Gasteiger charge is -2.08. The molecule has 0 saturated heterocycles. The van der Waals surface area contributed by atoms with Gasteiger partial charge in [0.05, 0.1) is 21.8 Å². The molecule has 0 saturated carbocycles. The Hall–Kier alpha value is -2.21. The number of nitrogens with one attached hydrogen (secondary N) is 1. The second kappa shape index (κ2) is 7.57. The highest BCUT2D eigenvalue weighted by atomic mass is 32.1. The molecule has 24 heavy (non-hydrogen) atoms. The first kappa shape index (κ1) is 16.6. The smallest absolute Gasteiger partial charge is 0.412 e. The van der Waals surface area contributed by atoms with Gasteiger partial charge in [0.15, 0.2) is 5.82 Å². The first-order chi connectivity index (χ1) is 11.7. The monoisotopic (exact) mass is 343 g/mol. The number of carbonyl (C=O) groups excluding carboxylic acids is 1. The van der Waals surface area contributed by atoms with Crippen molar-refractivity contribution in [2.75, 3.05) is 11.9 Å². The number of hydrogen-bond donors (Lipinski definition) is 1. The molecule has 0 unspecified atom stereocenters. The number of benzene rings is 1. The van der Waals surface area contributed by atoms with Crippen molar-refractivity contribution in [3.05, 3.63) is 29.3 Å². The van der Waals surface area contributed by atoms with E-state index in [0.717, 1.165) is 51.8 Å². The zero-order valence-electron chi connectivity index (χ0n) is 14.0. The Kier molecular flexibility index (Phi) is 5.25. The Labute approximate surface area is 145 Å². The number of pyridine rings is 1. The Balaban J connectivity index is 1.99. The van der Waals surface area contributed by atoms with Gasteiger partial charge in [-0.15, -0.1) is 11.3 Å². The third-order valence-corrected chi connectivity index (χ3v) is 4.84. The predicted molar refractivity (Wildman–Crippen MR) is 98.8 cm³/mol. The average Bonchev–Trinajstić information content (AvgIpc) is 3.00. The normalized spacial score (nSPS) is 11.1. The molecule has 0 aliphatic rings. The standard InChI is InChI=1S/C18H21N3O2S/c1-3-5-11-23-18(22)21-17-15-16(24-14(20-15)8-4-2)12-9-6-7-10-13(12)19-17/h6-7,9-10H,3-5,8,11H2,1-2H3,(H,19,21,22).